The molecule has 17 heavy (non-hydrogen) atoms. The molecule has 2 rings (SSSR count). The minimum absolute atomic E-state index is 0.000141. The monoisotopic (exact) mass is 315 g/mol. The van der Waals surface area contributed by atoms with Crippen molar-refractivity contribution in [2.75, 3.05) is 5.75 Å². The van der Waals surface area contributed by atoms with Crippen LogP contribution >= 0.6 is 27.7 Å². The van der Waals surface area contributed by atoms with Crippen LogP contribution in [-0.4, -0.2) is 22.8 Å². The molecule has 1 aliphatic carbocycles. The summed E-state index contributed by atoms with van der Waals surface area (Å²) >= 11 is 4.85. The van der Waals surface area contributed by atoms with Crippen molar-refractivity contribution in [1.82, 2.24) is 5.32 Å². The molecule has 0 radical (unpaired) electrons. The van der Waals surface area contributed by atoms with Gasteiger partial charge in [0.15, 0.2) is 0 Å². The molecule has 92 valence electrons. The maximum atomic E-state index is 11.5. The van der Waals surface area contributed by atoms with E-state index in [0.29, 0.717) is 11.8 Å². The number of hydrogen-bond donors (Lipinski definition) is 2. The number of aliphatic hydroxyl groups excluding tert-OH is 1. The van der Waals surface area contributed by atoms with Crippen LogP contribution in [-0.2, 0) is 11.4 Å². The lowest BCUT2D eigenvalue weighted by atomic mass is 10.2. The summed E-state index contributed by atoms with van der Waals surface area (Å²) in [6.07, 6.45) is 2.21. The fourth-order valence-electron chi connectivity index (χ4n) is 1.43. The molecule has 1 aliphatic rings. The molecule has 1 fully saturated rings. The highest BCUT2D eigenvalue weighted by molar-refractivity contribution is 9.10. The largest absolute Gasteiger partial charge is 0.392 e. The number of hydrogen-bond acceptors (Lipinski definition) is 3. The maximum absolute atomic E-state index is 11.5. The molecule has 1 amide bonds. The van der Waals surface area contributed by atoms with Gasteiger partial charge < -0.3 is 10.4 Å². The molecule has 0 unspecified atom stereocenters. The first kappa shape index (κ1) is 12.9. The number of carbonyl (C=O) groups excluding carboxylic acids is 1. The van der Waals surface area contributed by atoms with Gasteiger partial charge in [-0.25, -0.2) is 0 Å². The van der Waals surface area contributed by atoms with Gasteiger partial charge in [0.2, 0.25) is 5.91 Å². The van der Waals surface area contributed by atoms with Gasteiger partial charge in [-0.1, -0.05) is 22.0 Å². The summed E-state index contributed by atoms with van der Waals surface area (Å²) in [7, 11) is 0. The highest BCUT2D eigenvalue weighted by Crippen LogP contribution is 2.27. The Hall–Kier alpha value is -0.520. The summed E-state index contributed by atoms with van der Waals surface area (Å²) in [4.78, 5) is 12.5. The molecule has 0 spiro atoms. The minimum Gasteiger partial charge on any atom is -0.392 e. The molecule has 0 atom stereocenters. The molecular weight excluding hydrogens is 302 g/mol. The molecule has 0 saturated heterocycles. The standard InChI is InChI=1S/C12H14BrNO2S/c13-9-2-1-8(6-15)11(5-9)17-7-12(16)14-10-3-4-10/h1-2,5,10,15H,3-4,6-7H2,(H,14,16). The van der Waals surface area contributed by atoms with Crippen LogP contribution in [0.5, 0.6) is 0 Å². The van der Waals surface area contributed by atoms with Crippen LogP contribution in [0.3, 0.4) is 0 Å². The summed E-state index contributed by atoms with van der Waals surface area (Å²) in [5, 5.41) is 12.1. The van der Waals surface area contributed by atoms with E-state index in [-0.39, 0.29) is 12.5 Å². The van der Waals surface area contributed by atoms with Crippen LogP contribution < -0.4 is 5.32 Å². The third-order valence-corrected chi connectivity index (χ3v) is 4.09. The van der Waals surface area contributed by atoms with Gasteiger partial charge in [0.05, 0.1) is 12.4 Å². The van der Waals surface area contributed by atoms with Crippen molar-refractivity contribution < 1.29 is 9.90 Å². The van der Waals surface area contributed by atoms with E-state index in [1.165, 1.54) is 11.8 Å². The Kier molecular flexibility index (Phi) is 4.48. The average Bonchev–Trinajstić information content (AvgIpc) is 3.10. The van der Waals surface area contributed by atoms with Crippen LogP contribution in [0.2, 0.25) is 0 Å². The van der Waals surface area contributed by atoms with Gasteiger partial charge >= 0.3 is 0 Å². The quantitative estimate of drug-likeness (QED) is 0.820. The fourth-order valence-corrected chi connectivity index (χ4v) is 2.84. The third kappa shape index (κ3) is 4.01. The Balaban J connectivity index is 1.92. The number of benzene rings is 1. The molecule has 0 aliphatic heterocycles. The number of rotatable bonds is 5. The van der Waals surface area contributed by atoms with Crippen LogP contribution in [0.4, 0.5) is 0 Å². The summed E-state index contributed by atoms with van der Waals surface area (Å²) in [5.41, 5.74) is 0.859. The molecule has 0 bridgehead atoms. The van der Waals surface area contributed by atoms with Crippen molar-refractivity contribution in [1.29, 1.82) is 0 Å². The van der Waals surface area contributed by atoms with Gasteiger partial charge in [0, 0.05) is 15.4 Å². The number of halogens is 1. The molecule has 2 N–H and O–H groups in total. The minimum atomic E-state index is -0.000141. The summed E-state index contributed by atoms with van der Waals surface area (Å²) < 4.78 is 0.958. The number of carbonyl (C=O) groups is 1. The van der Waals surface area contributed by atoms with Gasteiger partial charge in [-0.15, -0.1) is 11.8 Å². The summed E-state index contributed by atoms with van der Waals surface area (Å²) in [5.74, 6) is 0.473. The molecule has 5 heteroatoms. The Morgan fingerprint density at radius 3 is 2.94 bits per heavy atom. The van der Waals surface area contributed by atoms with Crippen molar-refractivity contribution in [2.24, 2.45) is 0 Å². The van der Waals surface area contributed by atoms with Crippen molar-refractivity contribution in [3.63, 3.8) is 0 Å². The van der Waals surface area contributed by atoms with Gasteiger partial charge in [-0.2, -0.15) is 0 Å². The highest BCUT2D eigenvalue weighted by Gasteiger charge is 2.23. The number of amides is 1. The second-order valence-corrected chi connectivity index (χ2v) is 5.97. The van der Waals surface area contributed by atoms with Crippen LogP contribution in [0, 0.1) is 0 Å². The Bertz CT molecular complexity index is 421. The smallest absolute Gasteiger partial charge is 0.230 e. The van der Waals surface area contributed by atoms with E-state index in [1.807, 2.05) is 18.2 Å². The first-order chi connectivity index (χ1) is 8.19. The molecule has 1 aromatic carbocycles. The average molecular weight is 316 g/mol. The second kappa shape index (κ2) is 5.89. The molecule has 3 nitrogen and oxygen atoms in total. The lowest BCUT2D eigenvalue weighted by molar-refractivity contribution is -0.118. The Morgan fingerprint density at radius 2 is 2.29 bits per heavy atom. The van der Waals surface area contributed by atoms with Gasteiger partial charge in [0.1, 0.15) is 0 Å². The van der Waals surface area contributed by atoms with Crippen LogP contribution in [0.15, 0.2) is 27.6 Å². The summed E-state index contributed by atoms with van der Waals surface area (Å²) in [6, 6.07) is 6.09. The van der Waals surface area contributed by atoms with Crippen LogP contribution in [0.1, 0.15) is 18.4 Å². The van der Waals surface area contributed by atoms with E-state index in [9.17, 15) is 9.90 Å². The molecule has 0 heterocycles. The van der Waals surface area contributed by atoms with Crippen molar-refractivity contribution in [3.8, 4) is 0 Å². The SMILES string of the molecule is O=C(CSc1cc(Br)ccc1CO)NC1CC1. The van der Waals surface area contributed by atoms with Crippen molar-refractivity contribution in [2.45, 2.75) is 30.4 Å². The fraction of sp³-hybridized carbons (Fsp3) is 0.417. The van der Waals surface area contributed by atoms with E-state index in [4.69, 9.17) is 0 Å². The zero-order valence-corrected chi connectivity index (χ0v) is 11.7. The number of aliphatic hydroxyl groups is 1. The first-order valence-electron chi connectivity index (χ1n) is 5.50. The lowest BCUT2D eigenvalue weighted by Crippen LogP contribution is -2.27. The predicted molar refractivity (Wildman–Crippen MR) is 72.0 cm³/mol. The van der Waals surface area contributed by atoms with Gasteiger partial charge in [-0.3, -0.25) is 4.79 Å². The van der Waals surface area contributed by atoms with E-state index in [1.54, 1.807) is 0 Å². The third-order valence-electron chi connectivity index (χ3n) is 2.50. The predicted octanol–water partition coefficient (Wildman–Crippen LogP) is 2.31. The van der Waals surface area contributed by atoms with Gasteiger partial charge in [-0.05, 0) is 30.5 Å². The highest BCUT2D eigenvalue weighted by atomic mass is 79.9. The van der Waals surface area contributed by atoms with Gasteiger partial charge in [0.25, 0.3) is 0 Å². The molecule has 1 aromatic rings. The first-order valence-corrected chi connectivity index (χ1v) is 7.28. The van der Waals surface area contributed by atoms with E-state index < -0.39 is 0 Å². The van der Waals surface area contributed by atoms with Crippen LogP contribution in [0.25, 0.3) is 0 Å². The second-order valence-electron chi connectivity index (χ2n) is 4.04. The number of thioether (sulfide) groups is 1. The van der Waals surface area contributed by atoms with E-state index >= 15 is 0 Å². The topological polar surface area (TPSA) is 49.3 Å². The normalized spacial score (nSPS) is 14.7. The van der Waals surface area contributed by atoms with Crippen molar-refractivity contribution >= 4 is 33.6 Å². The molecule has 1 saturated carbocycles. The summed E-state index contributed by atoms with van der Waals surface area (Å²) in [6.45, 7) is -0.000141. The molecular formula is C12H14BrNO2S. The Morgan fingerprint density at radius 1 is 1.53 bits per heavy atom. The zero-order valence-electron chi connectivity index (χ0n) is 9.28. The van der Waals surface area contributed by atoms with Crippen molar-refractivity contribution in [3.05, 3.63) is 28.2 Å². The lowest BCUT2D eigenvalue weighted by Gasteiger charge is -2.08. The van der Waals surface area contributed by atoms with E-state index in [0.717, 1.165) is 27.8 Å². The Labute approximate surface area is 113 Å². The maximum Gasteiger partial charge on any atom is 0.230 e. The molecule has 0 aromatic heterocycles. The van der Waals surface area contributed by atoms with E-state index in [2.05, 4.69) is 21.2 Å². The number of nitrogens with one attached hydrogen (secondary N) is 1. The zero-order chi connectivity index (χ0) is 12.3.